The number of rotatable bonds is 5. The van der Waals surface area contributed by atoms with E-state index in [1.54, 1.807) is 0 Å². The highest BCUT2D eigenvalue weighted by atomic mass is 16.5. The molecule has 164 valence electrons. The average Bonchev–Trinajstić information content (AvgIpc) is 2.53. The lowest BCUT2D eigenvalue weighted by atomic mass is 9.69. The Morgan fingerprint density at radius 1 is 0.893 bits per heavy atom. The van der Waals surface area contributed by atoms with Crippen molar-refractivity contribution in [1.29, 1.82) is 0 Å². The molecule has 0 heterocycles. The number of hydrogen-bond donors (Lipinski definition) is 1. The molecule has 0 aromatic heterocycles. The molecule has 2 fully saturated rings. The van der Waals surface area contributed by atoms with Gasteiger partial charge < -0.3 is 9.84 Å². The number of carbonyl (C=O) groups is 2. The van der Waals surface area contributed by atoms with Crippen molar-refractivity contribution in [1.82, 2.24) is 0 Å². The van der Waals surface area contributed by atoms with E-state index in [-0.39, 0.29) is 12.1 Å². The Bertz CT molecular complexity index is 441. The Labute approximate surface area is 172 Å². The van der Waals surface area contributed by atoms with Gasteiger partial charge in [-0.15, -0.1) is 0 Å². The molecule has 0 saturated heterocycles. The Morgan fingerprint density at radius 3 is 1.86 bits per heavy atom. The van der Waals surface area contributed by atoms with Gasteiger partial charge in [0, 0.05) is 13.3 Å². The molecule has 0 amide bonds. The summed E-state index contributed by atoms with van der Waals surface area (Å²) in [6.45, 7) is 14.9. The molecule has 2 saturated carbocycles. The van der Waals surface area contributed by atoms with Crippen LogP contribution in [0.3, 0.4) is 0 Å². The van der Waals surface area contributed by atoms with Crippen molar-refractivity contribution in [3.8, 4) is 0 Å². The van der Waals surface area contributed by atoms with E-state index >= 15 is 0 Å². The summed E-state index contributed by atoms with van der Waals surface area (Å²) in [7, 11) is 0. The molecule has 28 heavy (non-hydrogen) atoms. The second kappa shape index (κ2) is 11.8. The van der Waals surface area contributed by atoms with E-state index in [9.17, 15) is 9.59 Å². The van der Waals surface area contributed by atoms with Crippen LogP contribution in [-0.4, -0.2) is 23.1 Å². The van der Waals surface area contributed by atoms with E-state index in [1.807, 2.05) is 0 Å². The fourth-order valence-corrected chi connectivity index (χ4v) is 5.32. The van der Waals surface area contributed by atoms with Gasteiger partial charge in [-0.1, -0.05) is 54.4 Å². The third kappa shape index (κ3) is 8.53. The summed E-state index contributed by atoms with van der Waals surface area (Å²) in [6.07, 6.45) is 7.66. The van der Waals surface area contributed by atoms with Crippen LogP contribution in [0.4, 0.5) is 0 Å². The number of ether oxygens (including phenoxy) is 1. The number of hydrogen-bond acceptors (Lipinski definition) is 3. The molecule has 0 bridgehead atoms. The maximum absolute atomic E-state index is 11.0. The standard InChI is InChI=1S/2C12H22O2/c1-8(2)11-6-5-9(3)7-12(11)14-10(4)13;1-8(2)11-5-4-9(3)6-10(11)7-12(13)14/h8-9,11-12H,5-7H2,1-4H3;8-11H,4-7H2,1-3H3,(H,13,14). The zero-order chi connectivity index (χ0) is 21.4. The van der Waals surface area contributed by atoms with E-state index in [0.717, 1.165) is 12.8 Å². The number of carbonyl (C=O) groups excluding carboxylic acids is 1. The summed E-state index contributed by atoms with van der Waals surface area (Å²) >= 11 is 0. The second-order valence-electron chi connectivity index (χ2n) is 10.2. The van der Waals surface area contributed by atoms with E-state index in [4.69, 9.17) is 9.84 Å². The first-order chi connectivity index (χ1) is 13.0. The Morgan fingerprint density at radius 2 is 1.39 bits per heavy atom. The Kier molecular flexibility index (Phi) is 10.5. The summed E-state index contributed by atoms with van der Waals surface area (Å²) in [5, 5.41) is 8.85. The molecule has 0 aromatic rings. The van der Waals surface area contributed by atoms with E-state index < -0.39 is 5.97 Å². The van der Waals surface area contributed by atoms with Crippen LogP contribution in [0.2, 0.25) is 0 Å². The molecule has 2 rings (SSSR count). The van der Waals surface area contributed by atoms with E-state index in [2.05, 4.69) is 41.5 Å². The maximum atomic E-state index is 11.0. The molecule has 2 aliphatic carbocycles. The Balaban J connectivity index is 0.000000280. The minimum atomic E-state index is -0.630. The predicted molar refractivity (Wildman–Crippen MR) is 114 cm³/mol. The minimum absolute atomic E-state index is 0.130. The lowest BCUT2D eigenvalue weighted by molar-refractivity contribution is -0.153. The lowest BCUT2D eigenvalue weighted by Gasteiger charge is -2.36. The van der Waals surface area contributed by atoms with Crippen LogP contribution in [0.1, 0.15) is 93.4 Å². The summed E-state index contributed by atoms with van der Waals surface area (Å²) in [6, 6.07) is 0. The van der Waals surface area contributed by atoms with Crippen molar-refractivity contribution in [3.05, 3.63) is 0 Å². The molecule has 2 aliphatic rings. The van der Waals surface area contributed by atoms with Gasteiger partial charge in [-0.05, 0) is 67.1 Å². The molecule has 0 aliphatic heterocycles. The van der Waals surface area contributed by atoms with E-state index in [1.165, 1.54) is 32.6 Å². The first-order valence-electron chi connectivity index (χ1n) is 11.4. The first kappa shape index (κ1) is 25.0. The summed E-state index contributed by atoms with van der Waals surface area (Å²) in [5.74, 6) is 3.51. The highest BCUT2D eigenvalue weighted by Crippen LogP contribution is 2.39. The molecule has 6 atom stereocenters. The third-order valence-electron chi connectivity index (χ3n) is 6.88. The lowest BCUT2D eigenvalue weighted by Crippen LogP contribution is -2.35. The molecular weight excluding hydrogens is 352 g/mol. The van der Waals surface area contributed by atoms with Crippen LogP contribution in [-0.2, 0) is 14.3 Å². The SMILES string of the molecule is CC(=O)OC1CC(C)CCC1C(C)C.CC1CCC(C(C)C)C(CC(=O)O)C1. The van der Waals surface area contributed by atoms with Crippen molar-refractivity contribution in [3.63, 3.8) is 0 Å². The smallest absolute Gasteiger partial charge is 0.303 e. The maximum Gasteiger partial charge on any atom is 0.303 e. The topological polar surface area (TPSA) is 63.6 Å². The Hall–Kier alpha value is -1.06. The molecular formula is C24H44O4. The molecule has 1 N–H and O–H groups in total. The molecule has 0 aromatic carbocycles. The van der Waals surface area contributed by atoms with Crippen LogP contribution in [0.25, 0.3) is 0 Å². The first-order valence-corrected chi connectivity index (χ1v) is 11.4. The van der Waals surface area contributed by atoms with Gasteiger partial charge in [0.05, 0.1) is 0 Å². The summed E-state index contributed by atoms with van der Waals surface area (Å²) in [4.78, 5) is 21.7. The normalized spacial score (nSPS) is 33.2. The van der Waals surface area contributed by atoms with Crippen molar-refractivity contribution in [2.24, 2.45) is 41.4 Å². The third-order valence-corrected chi connectivity index (χ3v) is 6.88. The van der Waals surface area contributed by atoms with Gasteiger partial charge in [-0.3, -0.25) is 9.59 Å². The van der Waals surface area contributed by atoms with Gasteiger partial charge in [-0.2, -0.15) is 0 Å². The number of carboxylic acids is 1. The van der Waals surface area contributed by atoms with E-state index in [0.29, 0.717) is 47.8 Å². The van der Waals surface area contributed by atoms with Crippen LogP contribution in [0.5, 0.6) is 0 Å². The molecule has 0 spiro atoms. The number of aliphatic carboxylic acids is 1. The van der Waals surface area contributed by atoms with Gasteiger partial charge in [0.2, 0.25) is 0 Å². The fourth-order valence-electron chi connectivity index (χ4n) is 5.32. The quantitative estimate of drug-likeness (QED) is 0.564. The van der Waals surface area contributed by atoms with Gasteiger partial charge in [0.15, 0.2) is 0 Å². The van der Waals surface area contributed by atoms with Crippen molar-refractivity contribution >= 4 is 11.9 Å². The second-order valence-corrected chi connectivity index (χ2v) is 10.2. The van der Waals surface area contributed by atoms with Crippen molar-refractivity contribution in [2.75, 3.05) is 0 Å². The van der Waals surface area contributed by atoms with Gasteiger partial charge in [0.25, 0.3) is 0 Å². The minimum Gasteiger partial charge on any atom is -0.481 e. The summed E-state index contributed by atoms with van der Waals surface area (Å²) in [5.41, 5.74) is 0. The van der Waals surface area contributed by atoms with Crippen LogP contribution in [0, 0.1) is 41.4 Å². The highest BCUT2D eigenvalue weighted by Gasteiger charge is 2.33. The largest absolute Gasteiger partial charge is 0.481 e. The highest BCUT2D eigenvalue weighted by molar-refractivity contribution is 5.67. The van der Waals surface area contributed by atoms with Crippen molar-refractivity contribution in [2.45, 2.75) is 99.5 Å². The number of esters is 1. The number of carboxylic acid groups (broad SMARTS) is 1. The molecule has 0 radical (unpaired) electrons. The summed E-state index contributed by atoms with van der Waals surface area (Å²) < 4.78 is 5.40. The van der Waals surface area contributed by atoms with Crippen LogP contribution >= 0.6 is 0 Å². The van der Waals surface area contributed by atoms with Gasteiger partial charge in [-0.25, -0.2) is 0 Å². The fraction of sp³-hybridized carbons (Fsp3) is 0.917. The van der Waals surface area contributed by atoms with Crippen molar-refractivity contribution < 1.29 is 19.4 Å². The zero-order valence-corrected chi connectivity index (χ0v) is 19.2. The molecule has 6 unspecified atom stereocenters. The van der Waals surface area contributed by atoms with Gasteiger partial charge in [0.1, 0.15) is 6.10 Å². The van der Waals surface area contributed by atoms with Gasteiger partial charge >= 0.3 is 11.9 Å². The zero-order valence-electron chi connectivity index (χ0n) is 19.2. The molecule has 4 heteroatoms. The van der Waals surface area contributed by atoms with Crippen LogP contribution < -0.4 is 0 Å². The van der Waals surface area contributed by atoms with Crippen LogP contribution in [0.15, 0.2) is 0 Å². The average molecular weight is 397 g/mol. The predicted octanol–water partition coefficient (Wildman–Crippen LogP) is 6.18. The molecule has 4 nitrogen and oxygen atoms in total. The monoisotopic (exact) mass is 396 g/mol.